The van der Waals surface area contributed by atoms with E-state index >= 15 is 0 Å². The quantitative estimate of drug-likeness (QED) is 0.769. The molecule has 0 unspecified atom stereocenters. The molecule has 136 valence electrons. The van der Waals surface area contributed by atoms with Gasteiger partial charge in [-0.15, -0.1) is 0 Å². The van der Waals surface area contributed by atoms with Gasteiger partial charge in [-0.25, -0.2) is 13.1 Å². The van der Waals surface area contributed by atoms with Gasteiger partial charge in [0.1, 0.15) is 0 Å². The highest BCUT2D eigenvalue weighted by atomic mass is 32.2. The zero-order chi connectivity index (χ0) is 18.4. The van der Waals surface area contributed by atoms with Crippen LogP contribution in [0.2, 0.25) is 0 Å². The van der Waals surface area contributed by atoms with E-state index in [-0.39, 0.29) is 24.5 Å². The smallest absolute Gasteiger partial charge is 0.311 e. The average molecular weight is 366 g/mol. The van der Waals surface area contributed by atoms with Gasteiger partial charge in [-0.05, 0) is 24.6 Å². The third kappa shape index (κ3) is 6.48. The van der Waals surface area contributed by atoms with E-state index in [9.17, 15) is 26.4 Å². The molecule has 1 amide bonds. The summed E-state index contributed by atoms with van der Waals surface area (Å²) in [7, 11) is -3.45. The molecule has 0 saturated carbocycles. The van der Waals surface area contributed by atoms with Crippen molar-refractivity contribution in [2.45, 2.75) is 32.9 Å². The number of unbranched alkanes of at least 4 members (excludes halogenated alkanes) is 1. The van der Waals surface area contributed by atoms with Gasteiger partial charge < -0.3 is 4.90 Å². The summed E-state index contributed by atoms with van der Waals surface area (Å²) in [5.74, 6) is -0.491. The first kappa shape index (κ1) is 20.4. The number of anilines is 1. The Morgan fingerprint density at radius 2 is 1.96 bits per heavy atom. The lowest BCUT2D eigenvalue weighted by atomic mass is 10.2. The lowest BCUT2D eigenvalue weighted by molar-refractivity contribution is -0.137. The van der Waals surface area contributed by atoms with Crippen LogP contribution in [0.1, 0.15) is 32.3 Å². The highest BCUT2D eigenvalue weighted by Gasteiger charge is 2.31. The summed E-state index contributed by atoms with van der Waals surface area (Å²) in [5, 5.41) is 0. The van der Waals surface area contributed by atoms with Crippen molar-refractivity contribution in [3.8, 4) is 0 Å². The molecule has 1 N–H and O–H groups in total. The maximum atomic E-state index is 12.8. The van der Waals surface area contributed by atoms with Crippen LogP contribution >= 0.6 is 0 Å². The number of sulfonamides is 1. The van der Waals surface area contributed by atoms with Crippen LogP contribution in [0.4, 0.5) is 18.9 Å². The van der Waals surface area contributed by atoms with Crippen LogP contribution in [-0.4, -0.2) is 33.2 Å². The second kappa shape index (κ2) is 8.48. The van der Waals surface area contributed by atoms with Crippen LogP contribution in [0.15, 0.2) is 24.3 Å². The van der Waals surface area contributed by atoms with Crippen molar-refractivity contribution in [3.63, 3.8) is 0 Å². The normalized spacial score (nSPS) is 12.2. The number of halogens is 3. The topological polar surface area (TPSA) is 66.5 Å². The summed E-state index contributed by atoms with van der Waals surface area (Å²) < 4.78 is 64.0. The first-order chi connectivity index (χ1) is 11.1. The molecule has 0 atom stereocenters. The Bertz CT molecular complexity index is 660. The van der Waals surface area contributed by atoms with E-state index < -0.39 is 27.7 Å². The standard InChI is InChI=1S/C15H21F3N2O3S/c1-3-4-10-24(22,23)19-8-9-20(12(2)21)14-7-5-6-13(11-14)15(16,17)18/h5-7,11,19H,3-4,8-10H2,1-2H3. The number of carbonyl (C=O) groups excluding carboxylic acids is 1. The molecule has 0 spiro atoms. The SMILES string of the molecule is CCCCS(=O)(=O)NCCN(C(C)=O)c1cccc(C(F)(F)F)c1. The molecule has 1 aromatic rings. The van der Waals surface area contributed by atoms with Crippen LogP contribution in [0, 0.1) is 0 Å². The molecular weight excluding hydrogens is 345 g/mol. The van der Waals surface area contributed by atoms with Gasteiger partial charge in [-0.3, -0.25) is 4.79 Å². The molecule has 0 aliphatic rings. The van der Waals surface area contributed by atoms with Crippen LogP contribution in [0.3, 0.4) is 0 Å². The molecule has 1 aromatic carbocycles. The second-order valence-electron chi connectivity index (χ2n) is 5.29. The molecule has 0 aromatic heterocycles. The van der Waals surface area contributed by atoms with Gasteiger partial charge >= 0.3 is 6.18 Å². The van der Waals surface area contributed by atoms with Gasteiger partial charge in [-0.1, -0.05) is 19.4 Å². The van der Waals surface area contributed by atoms with E-state index in [2.05, 4.69) is 4.72 Å². The van der Waals surface area contributed by atoms with Crippen LogP contribution in [0.5, 0.6) is 0 Å². The number of carbonyl (C=O) groups is 1. The van der Waals surface area contributed by atoms with Gasteiger partial charge in [0.25, 0.3) is 0 Å². The molecule has 0 fully saturated rings. The summed E-state index contributed by atoms with van der Waals surface area (Å²) in [6, 6.07) is 4.37. The average Bonchev–Trinajstić information content (AvgIpc) is 2.48. The van der Waals surface area contributed by atoms with Crippen molar-refractivity contribution in [1.82, 2.24) is 4.72 Å². The zero-order valence-electron chi connectivity index (χ0n) is 13.6. The molecule has 0 aliphatic heterocycles. The van der Waals surface area contributed by atoms with Gasteiger partial charge in [0.2, 0.25) is 15.9 Å². The Labute approximate surface area is 139 Å². The molecule has 0 saturated heterocycles. The predicted molar refractivity (Wildman–Crippen MR) is 86.2 cm³/mol. The molecule has 9 heteroatoms. The van der Waals surface area contributed by atoms with Crippen LogP contribution < -0.4 is 9.62 Å². The van der Waals surface area contributed by atoms with Crippen molar-refractivity contribution < 1.29 is 26.4 Å². The first-order valence-corrected chi connectivity index (χ1v) is 9.14. The monoisotopic (exact) mass is 366 g/mol. The molecule has 0 aliphatic carbocycles. The van der Waals surface area contributed by atoms with E-state index in [0.717, 1.165) is 23.5 Å². The molecule has 1 rings (SSSR count). The fourth-order valence-electron chi connectivity index (χ4n) is 2.04. The third-order valence-corrected chi connectivity index (χ3v) is 4.76. The van der Waals surface area contributed by atoms with Gasteiger partial charge in [-0.2, -0.15) is 13.2 Å². The fourth-order valence-corrected chi connectivity index (χ4v) is 3.25. The number of hydrogen-bond donors (Lipinski definition) is 1. The fraction of sp³-hybridized carbons (Fsp3) is 0.533. The number of benzene rings is 1. The van der Waals surface area contributed by atoms with Crippen molar-refractivity contribution in [1.29, 1.82) is 0 Å². The summed E-state index contributed by atoms with van der Waals surface area (Å²) in [5.41, 5.74) is -0.792. The van der Waals surface area contributed by atoms with Crippen LogP contribution in [0.25, 0.3) is 0 Å². The summed E-state index contributed by atoms with van der Waals surface area (Å²) in [6.07, 6.45) is -3.27. The van der Waals surface area contributed by atoms with E-state index in [1.54, 1.807) is 0 Å². The highest BCUT2D eigenvalue weighted by molar-refractivity contribution is 7.89. The molecule has 0 bridgehead atoms. The second-order valence-corrected chi connectivity index (χ2v) is 7.21. The molecule has 24 heavy (non-hydrogen) atoms. The molecule has 0 radical (unpaired) electrons. The predicted octanol–water partition coefficient (Wildman–Crippen LogP) is 2.78. The van der Waals surface area contributed by atoms with Crippen molar-refractivity contribution in [2.24, 2.45) is 0 Å². The maximum Gasteiger partial charge on any atom is 0.416 e. The highest BCUT2D eigenvalue weighted by Crippen LogP contribution is 2.31. The summed E-state index contributed by atoms with van der Waals surface area (Å²) in [6.45, 7) is 2.95. The van der Waals surface area contributed by atoms with E-state index in [4.69, 9.17) is 0 Å². The summed E-state index contributed by atoms with van der Waals surface area (Å²) >= 11 is 0. The Morgan fingerprint density at radius 1 is 1.29 bits per heavy atom. The minimum Gasteiger partial charge on any atom is -0.311 e. The number of amides is 1. The minimum absolute atomic E-state index is 0.0207. The van der Waals surface area contributed by atoms with Gasteiger partial charge in [0, 0.05) is 25.7 Å². The lowest BCUT2D eigenvalue weighted by Crippen LogP contribution is -2.38. The molecule has 0 heterocycles. The zero-order valence-corrected chi connectivity index (χ0v) is 14.4. The third-order valence-electron chi connectivity index (χ3n) is 3.29. The first-order valence-electron chi connectivity index (χ1n) is 7.49. The number of alkyl halides is 3. The number of rotatable bonds is 8. The Kier molecular flexibility index (Phi) is 7.22. The maximum absolute atomic E-state index is 12.8. The van der Waals surface area contributed by atoms with E-state index in [0.29, 0.717) is 6.42 Å². The number of hydrogen-bond acceptors (Lipinski definition) is 3. The summed E-state index contributed by atoms with van der Waals surface area (Å²) in [4.78, 5) is 12.8. The Balaban J connectivity index is 2.81. The van der Waals surface area contributed by atoms with Gasteiger partial charge in [0.15, 0.2) is 0 Å². The van der Waals surface area contributed by atoms with E-state index in [1.807, 2.05) is 6.92 Å². The van der Waals surface area contributed by atoms with Crippen molar-refractivity contribution in [2.75, 3.05) is 23.7 Å². The number of nitrogens with one attached hydrogen (secondary N) is 1. The Hall–Kier alpha value is -1.61. The van der Waals surface area contributed by atoms with E-state index in [1.165, 1.54) is 19.1 Å². The number of nitrogens with zero attached hydrogens (tertiary/aromatic N) is 1. The molecular formula is C15H21F3N2O3S. The van der Waals surface area contributed by atoms with Crippen LogP contribution in [-0.2, 0) is 21.0 Å². The lowest BCUT2D eigenvalue weighted by Gasteiger charge is -2.22. The van der Waals surface area contributed by atoms with Crippen molar-refractivity contribution >= 4 is 21.6 Å². The molecule has 5 nitrogen and oxygen atoms in total. The Morgan fingerprint density at radius 3 is 2.50 bits per heavy atom. The van der Waals surface area contributed by atoms with Crippen molar-refractivity contribution in [3.05, 3.63) is 29.8 Å². The largest absolute Gasteiger partial charge is 0.416 e. The minimum atomic E-state index is -4.51. The van der Waals surface area contributed by atoms with Gasteiger partial charge in [0.05, 0.1) is 11.3 Å².